The fourth-order valence-electron chi connectivity index (χ4n) is 3.60. The summed E-state index contributed by atoms with van der Waals surface area (Å²) < 4.78 is 0. The minimum absolute atomic E-state index is 0.163. The molecule has 2 aromatic carbocycles. The first-order chi connectivity index (χ1) is 12.9. The van der Waals surface area contributed by atoms with Crippen LogP contribution >= 0.6 is 0 Å². The number of rotatable bonds is 5. The van der Waals surface area contributed by atoms with Crippen molar-refractivity contribution >= 4 is 0 Å². The van der Waals surface area contributed by atoms with Crippen LogP contribution in [0.5, 0.6) is 0 Å². The maximum Gasteiger partial charge on any atom is 0.0306 e. The zero-order valence-electron chi connectivity index (χ0n) is 14.4. The van der Waals surface area contributed by atoms with Crippen LogP contribution in [0.25, 0.3) is 0 Å². The highest BCUT2D eigenvalue weighted by molar-refractivity contribution is 5.43. The van der Waals surface area contributed by atoms with E-state index >= 15 is 0 Å². The maximum atomic E-state index is 4.39. The average Bonchev–Trinajstić information content (AvgIpc) is 2.74. The monoisotopic (exact) mass is 336 g/mol. The van der Waals surface area contributed by atoms with Crippen LogP contribution in [0.2, 0.25) is 0 Å². The third kappa shape index (κ3) is 3.40. The van der Waals surface area contributed by atoms with Crippen LogP contribution in [0.4, 0.5) is 0 Å². The summed E-state index contributed by atoms with van der Waals surface area (Å²) in [4.78, 5) is 8.77. The first-order valence-corrected chi connectivity index (χ1v) is 8.83. The van der Waals surface area contributed by atoms with Crippen molar-refractivity contribution in [3.8, 4) is 0 Å². The lowest BCUT2D eigenvalue weighted by Crippen LogP contribution is -2.15. The van der Waals surface area contributed by atoms with Gasteiger partial charge < -0.3 is 0 Å². The van der Waals surface area contributed by atoms with Gasteiger partial charge in [-0.1, -0.05) is 72.8 Å². The molecule has 0 N–H and O–H groups in total. The van der Waals surface area contributed by atoms with Gasteiger partial charge in [0.25, 0.3) is 0 Å². The van der Waals surface area contributed by atoms with Gasteiger partial charge in [0.2, 0.25) is 0 Å². The van der Waals surface area contributed by atoms with Crippen molar-refractivity contribution in [3.05, 3.63) is 132 Å². The Kier molecular flexibility index (Phi) is 4.83. The van der Waals surface area contributed by atoms with Crippen LogP contribution in [0.3, 0.4) is 0 Å². The lowest BCUT2D eigenvalue weighted by atomic mass is 9.74. The lowest BCUT2D eigenvalue weighted by Gasteiger charge is -2.29. The van der Waals surface area contributed by atoms with Gasteiger partial charge in [0.05, 0.1) is 0 Å². The summed E-state index contributed by atoms with van der Waals surface area (Å²) in [7, 11) is 0. The molecule has 4 rings (SSSR count). The summed E-state index contributed by atoms with van der Waals surface area (Å²) in [6, 6.07) is 29.7. The molecule has 2 heterocycles. The molecule has 0 saturated carbocycles. The van der Waals surface area contributed by atoms with Gasteiger partial charge >= 0.3 is 0 Å². The van der Waals surface area contributed by atoms with Crippen LogP contribution in [-0.4, -0.2) is 9.97 Å². The largest absolute Gasteiger partial charge is 0.264 e. The molecule has 0 saturated heterocycles. The molecule has 126 valence electrons. The zero-order valence-corrected chi connectivity index (χ0v) is 14.4. The van der Waals surface area contributed by atoms with Crippen molar-refractivity contribution in [2.75, 3.05) is 0 Å². The van der Waals surface area contributed by atoms with E-state index in [1.165, 1.54) is 22.3 Å². The second kappa shape index (κ2) is 7.75. The highest BCUT2D eigenvalue weighted by Crippen LogP contribution is 2.42. The minimum atomic E-state index is 0.163. The molecular formula is C24H20N2. The zero-order chi connectivity index (χ0) is 17.6. The molecule has 4 aromatic rings. The molecule has 0 aliphatic carbocycles. The molecule has 0 bridgehead atoms. The summed E-state index contributed by atoms with van der Waals surface area (Å²) in [6.45, 7) is 0. The number of nitrogens with zero attached hydrogens (tertiary/aromatic N) is 2. The Bertz CT molecular complexity index is 763. The van der Waals surface area contributed by atoms with Gasteiger partial charge in [-0.25, -0.2) is 0 Å². The van der Waals surface area contributed by atoms with E-state index in [4.69, 9.17) is 0 Å². The van der Waals surface area contributed by atoms with E-state index in [1.807, 2.05) is 36.9 Å². The maximum absolute atomic E-state index is 4.39. The first kappa shape index (κ1) is 16.2. The van der Waals surface area contributed by atoms with Crippen LogP contribution in [0.15, 0.2) is 110 Å². The van der Waals surface area contributed by atoms with Gasteiger partial charge in [-0.05, 0) is 34.4 Å². The number of pyridine rings is 2. The third-order valence-electron chi connectivity index (χ3n) is 4.74. The molecule has 0 spiro atoms. The third-order valence-corrected chi connectivity index (χ3v) is 4.74. The highest BCUT2D eigenvalue weighted by Gasteiger charge is 2.28. The normalized spacial score (nSPS) is 13.1. The molecule has 0 aliphatic rings. The second-order valence-corrected chi connectivity index (χ2v) is 6.35. The molecule has 2 aromatic heterocycles. The van der Waals surface area contributed by atoms with Crippen molar-refractivity contribution in [1.82, 2.24) is 9.97 Å². The lowest BCUT2D eigenvalue weighted by molar-refractivity contribution is 0.688. The van der Waals surface area contributed by atoms with Crippen LogP contribution in [0, 0.1) is 0 Å². The summed E-state index contributed by atoms with van der Waals surface area (Å²) >= 11 is 0. The molecule has 0 amide bonds. The number of hydrogen-bond donors (Lipinski definition) is 0. The summed E-state index contributed by atoms with van der Waals surface area (Å²) in [5.74, 6) is 0.327. The van der Waals surface area contributed by atoms with E-state index < -0.39 is 0 Å². The molecule has 2 heteroatoms. The Morgan fingerprint density at radius 2 is 0.808 bits per heavy atom. The van der Waals surface area contributed by atoms with E-state index in [1.54, 1.807) is 0 Å². The van der Waals surface area contributed by atoms with Gasteiger partial charge in [-0.3, -0.25) is 9.97 Å². The quantitative estimate of drug-likeness (QED) is 0.485. The van der Waals surface area contributed by atoms with E-state index in [0.717, 1.165) is 0 Å². The molecule has 2 nitrogen and oxygen atoms in total. The van der Waals surface area contributed by atoms with E-state index in [9.17, 15) is 0 Å². The molecule has 2 unspecified atom stereocenters. The van der Waals surface area contributed by atoms with Gasteiger partial charge in [0.15, 0.2) is 0 Å². The SMILES string of the molecule is c1ccc(C(c2cccnc2)C(c2ccccc2)c2cccnc2)cc1. The molecule has 2 atom stereocenters. The fraction of sp³-hybridized carbons (Fsp3) is 0.0833. The predicted molar refractivity (Wildman–Crippen MR) is 105 cm³/mol. The molecule has 0 fully saturated rings. The van der Waals surface area contributed by atoms with E-state index in [2.05, 4.69) is 82.8 Å². The minimum Gasteiger partial charge on any atom is -0.264 e. The van der Waals surface area contributed by atoms with E-state index in [0.29, 0.717) is 0 Å². The number of aromatic nitrogens is 2. The topological polar surface area (TPSA) is 25.8 Å². The standard InChI is InChI=1S/C24H20N2/c1-3-9-19(10-4-1)23(21-13-7-15-25-17-21)24(20-11-5-2-6-12-20)22-14-8-16-26-18-22/h1-18,23-24H. The Morgan fingerprint density at radius 1 is 0.423 bits per heavy atom. The molecule has 0 aliphatic heterocycles. The Morgan fingerprint density at radius 3 is 1.15 bits per heavy atom. The van der Waals surface area contributed by atoms with Gasteiger partial charge in [0, 0.05) is 36.6 Å². The van der Waals surface area contributed by atoms with Crippen molar-refractivity contribution in [2.45, 2.75) is 11.8 Å². The van der Waals surface area contributed by atoms with Crippen molar-refractivity contribution in [1.29, 1.82) is 0 Å². The van der Waals surface area contributed by atoms with E-state index in [-0.39, 0.29) is 11.8 Å². The summed E-state index contributed by atoms with van der Waals surface area (Å²) in [5.41, 5.74) is 4.96. The van der Waals surface area contributed by atoms with Crippen LogP contribution < -0.4 is 0 Å². The van der Waals surface area contributed by atoms with Gasteiger partial charge in [-0.2, -0.15) is 0 Å². The highest BCUT2D eigenvalue weighted by atomic mass is 14.6. The first-order valence-electron chi connectivity index (χ1n) is 8.83. The fourth-order valence-corrected chi connectivity index (χ4v) is 3.60. The van der Waals surface area contributed by atoms with Crippen LogP contribution in [0.1, 0.15) is 34.1 Å². The summed E-state index contributed by atoms with van der Waals surface area (Å²) in [5, 5.41) is 0. The second-order valence-electron chi connectivity index (χ2n) is 6.35. The molecular weight excluding hydrogens is 316 g/mol. The van der Waals surface area contributed by atoms with Gasteiger partial charge in [-0.15, -0.1) is 0 Å². The Hall–Kier alpha value is -3.26. The van der Waals surface area contributed by atoms with Crippen molar-refractivity contribution in [2.24, 2.45) is 0 Å². The Balaban J connectivity index is 1.93. The number of hydrogen-bond acceptors (Lipinski definition) is 2. The van der Waals surface area contributed by atoms with Crippen molar-refractivity contribution < 1.29 is 0 Å². The summed E-state index contributed by atoms with van der Waals surface area (Å²) in [6.07, 6.45) is 7.61. The predicted octanol–water partition coefficient (Wildman–Crippen LogP) is 5.44. The van der Waals surface area contributed by atoms with Crippen LogP contribution in [-0.2, 0) is 0 Å². The smallest absolute Gasteiger partial charge is 0.0306 e. The van der Waals surface area contributed by atoms with Gasteiger partial charge in [0.1, 0.15) is 0 Å². The molecule has 0 radical (unpaired) electrons. The Labute approximate surface area is 154 Å². The average molecular weight is 336 g/mol. The molecule has 26 heavy (non-hydrogen) atoms. The van der Waals surface area contributed by atoms with Crippen molar-refractivity contribution in [3.63, 3.8) is 0 Å². The number of benzene rings is 2.